The molecular weight excluding hydrogens is 258 g/mol. The number of ether oxygens (including phenoxy) is 1. The molecule has 0 atom stereocenters. The van der Waals surface area contributed by atoms with E-state index in [1.54, 1.807) is 33.1 Å². The molecule has 0 aromatic heterocycles. The highest BCUT2D eigenvalue weighted by Gasteiger charge is 2.27. The molecular formula is C15H19NO4. The summed E-state index contributed by atoms with van der Waals surface area (Å²) in [5.74, 6) is -0.573. The summed E-state index contributed by atoms with van der Waals surface area (Å²) in [6.07, 6.45) is 3.01. The fourth-order valence-corrected chi connectivity index (χ4v) is 1.36. The van der Waals surface area contributed by atoms with Crippen LogP contribution in [0.1, 0.15) is 19.4 Å². The number of benzene rings is 1. The zero-order valence-electron chi connectivity index (χ0n) is 11.8. The van der Waals surface area contributed by atoms with Crippen LogP contribution >= 0.6 is 0 Å². The maximum absolute atomic E-state index is 11.6. The molecule has 0 saturated carbocycles. The number of amides is 1. The molecule has 108 valence electrons. The number of rotatable bonds is 6. The Kier molecular flexibility index (Phi) is 5.32. The molecule has 0 heterocycles. The first-order chi connectivity index (χ1) is 9.35. The van der Waals surface area contributed by atoms with E-state index in [0.29, 0.717) is 5.75 Å². The van der Waals surface area contributed by atoms with Crippen molar-refractivity contribution >= 4 is 18.0 Å². The average Bonchev–Trinajstić information content (AvgIpc) is 2.43. The van der Waals surface area contributed by atoms with Crippen molar-refractivity contribution in [1.82, 2.24) is 5.32 Å². The van der Waals surface area contributed by atoms with Gasteiger partial charge in [-0.15, -0.1) is 0 Å². The first-order valence-corrected chi connectivity index (χ1v) is 6.18. The Morgan fingerprint density at radius 3 is 2.70 bits per heavy atom. The fourth-order valence-electron chi connectivity index (χ4n) is 1.36. The summed E-state index contributed by atoms with van der Waals surface area (Å²) in [6.45, 7) is 3.19. The second-order valence-corrected chi connectivity index (χ2v) is 5.02. The molecule has 1 aromatic carbocycles. The Bertz CT molecular complexity index is 520. The zero-order valence-corrected chi connectivity index (χ0v) is 11.8. The third-order valence-electron chi connectivity index (χ3n) is 2.80. The van der Waals surface area contributed by atoms with Crippen molar-refractivity contribution in [2.24, 2.45) is 5.41 Å². The van der Waals surface area contributed by atoms with E-state index in [1.807, 2.05) is 18.2 Å². The first kappa shape index (κ1) is 15.8. The number of hydrogen-bond acceptors (Lipinski definition) is 3. The molecule has 5 heteroatoms. The highest BCUT2D eigenvalue weighted by atomic mass is 16.5. The smallest absolute Gasteiger partial charge is 0.310 e. The normalized spacial score (nSPS) is 11.3. The van der Waals surface area contributed by atoms with Gasteiger partial charge in [0.1, 0.15) is 5.75 Å². The van der Waals surface area contributed by atoms with Gasteiger partial charge in [0.25, 0.3) is 0 Å². The predicted molar refractivity (Wildman–Crippen MR) is 76.5 cm³/mol. The van der Waals surface area contributed by atoms with E-state index in [2.05, 4.69) is 5.32 Å². The average molecular weight is 277 g/mol. The maximum Gasteiger partial charge on any atom is 0.310 e. The van der Waals surface area contributed by atoms with Crippen LogP contribution in [0.2, 0.25) is 0 Å². The molecule has 1 amide bonds. The number of aliphatic carboxylic acids is 1. The lowest BCUT2D eigenvalue weighted by Gasteiger charge is -2.18. The molecule has 0 saturated heterocycles. The van der Waals surface area contributed by atoms with Crippen LogP contribution in [0.4, 0.5) is 0 Å². The van der Waals surface area contributed by atoms with Crippen LogP contribution in [0, 0.1) is 5.41 Å². The summed E-state index contributed by atoms with van der Waals surface area (Å²) in [4.78, 5) is 22.5. The highest BCUT2D eigenvalue weighted by Crippen LogP contribution is 2.14. The van der Waals surface area contributed by atoms with E-state index in [-0.39, 0.29) is 12.5 Å². The summed E-state index contributed by atoms with van der Waals surface area (Å²) in [5.41, 5.74) is -0.156. The van der Waals surface area contributed by atoms with E-state index >= 15 is 0 Å². The van der Waals surface area contributed by atoms with Crippen LogP contribution in [0.25, 0.3) is 6.08 Å². The number of carbonyl (C=O) groups excluding carboxylic acids is 1. The van der Waals surface area contributed by atoms with Gasteiger partial charge in [-0.2, -0.15) is 0 Å². The molecule has 0 bridgehead atoms. The molecule has 0 radical (unpaired) electrons. The number of nitrogens with one attached hydrogen (secondary N) is 1. The Labute approximate surface area is 118 Å². The maximum atomic E-state index is 11.6. The third-order valence-corrected chi connectivity index (χ3v) is 2.80. The monoisotopic (exact) mass is 277 g/mol. The number of carboxylic acid groups (broad SMARTS) is 1. The quantitative estimate of drug-likeness (QED) is 0.779. The molecule has 0 unspecified atom stereocenters. The fraction of sp³-hybridized carbons (Fsp3) is 0.333. The highest BCUT2D eigenvalue weighted by molar-refractivity contribution is 5.92. The molecule has 5 nitrogen and oxygen atoms in total. The summed E-state index contributed by atoms with van der Waals surface area (Å²) >= 11 is 0. The van der Waals surface area contributed by atoms with Crippen molar-refractivity contribution < 1.29 is 19.4 Å². The number of methoxy groups -OCH3 is 1. The Morgan fingerprint density at radius 1 is 1.40 bits per heavy atom. The van der Waals surface area contributed by atoms with Crippen molar-refractivity contribution in [1.29, 1.82) is 0 Å². The molecule has 20 heavy (non-hydrogen) atoms. The van der Waals surface area contributed by atoms with Gasteiger partial charge in [0.15, 0.2) is 0 Å². The van der Waals surface area contributed by atoms with Gasteiger partial charge in [-0.05, 0) is 37.6 Å². The van der Waals surface area contributed by atoms with Crippen molar-refractivity contribution in [2.75, 3.05) is 13.7 Å². The minimum atomic E-state index is -0.987. The van der Waals surface area contributed by atoms with Crippen LogP contribution in [0.15, 0.2) is 30.3 Å². The van der Waals surface area contributed by atoms with Gasteiger partial charge in [-0.3, -0.25) is 9.59 Å². The summed E-state index contributed by atoms with van der Waals surface area (Å²) < 4.78 is 5.08. The standard InChI is InChI=1S/C15H19NO4/c1-15(2,14(18)19)10-16-13(17)8-7-11-5-4-6-12(9-11)20-3/h4-9H,10H2,1-3H3,(H,16,17)(H,18,19)/b8-7+. The third kappa shape index (κ3) is 4.76. The summed E-state index contributed by atoms with van der Waals surface area (Å²) in [6, 6.07) is 7.27. The Balaban J connectivity index is 2.57. The van der Waals surface area contributed by atoms with Crippen LogP contribution in [0.3, 0.4) is 0 Å². The lowest BCUT2D eigenvalue weighted by Crippen LogP contribution is -2.38. The van der Waals surface area contributed by atoms with Crippen molar-refractivity contribution in [2.45, 2.75) is 13.8 Å². The largest absolute Gasteiger partial charge is 0.497 e. The molecule has 1 rings (SSSR count). The molecule has 2 N–H and O–H groups in total. The summed E-state index contributed by atoms with van der Waals surface area (Å²) in [5, 5.41) is 11.5. The second kappa shape index (κ2) is 6.75. The van der Waals surface area contributed by atoms with Gasteiger partial charge in [0, 0.05) is 12.6 Å². The van der Waals surface area contributed by atoms with E-state index in [9.17, 15) is 9.59 Å². The Morgan fingerprint density at radius 2 is 2.10 bits per heavy atom. The van der Waals surface area contributed by atoms with Crippen LogP contribution in [-0.4, -0.2) is 30.6 Å². The molecule has 0 spiro atoms. The molecule has 1 aromatic rings. The van der Waals surface area contributed by atoms with Crippen molar-refractivity contribution in [3.63, 3.8) is 0 Å². The van der Waals surface area contributed by atoms with Gasteiger partial charge < -0.3 is 15.2 Å². The SMILES string of the molecule is COc1cccc(/C=C/C(=O)NCC(C)(C)C(=O)O)c1. The van der Waals surface area contributed by atoms with E-state index < -0.39 is 11.4 Å². The lowest BCUT2D eigenvalue weighted by molar-refractivity contribution is -0.146. The number of carbonyl (C=O) groups is 2. The van der Waals surface area contributed by atoms with Gasteiger partial charge in [0.05, 0.1) is 12.5 Å². The molecule has 0 aliphatic carbocycles. The van der Waals surface area contributed by atoms with Gasteiger partial charge in [-0.25, -0.2) is 0 Å². The van der Waals surface area contributed by atoms with Crippen molar-refractivity contribution in [3.05, 3.63) is 35.9 Å². The van der Waals surface area contributed by atoms with Crippen LogP contribution < -0.4 is 10.1 Å². The van der Waals surface area contributed by atoms with Crippen LogP contribution in [0.5, 0.6) is 5.75 Å². The summed E-state index contributed by atoms with van der Waals surface area (Å²) in [7, 11) is 1.57. The molecule has 0 aliphatic heterocycles. The van der Waals surface area contributed by atoms with Gasteiger partial charge in [-0.1, -0.05) is 12.1 Å². The predicted octanol–water partition coefficient (Wildman–Crippen LogP) is 1.94. The lowest BCUT2D eigenvalue weighted by atomic mass is 9.94. The Hall–Kier alpha value is -2.30. The topological polar surface area (TPSA) is 75.6 Å². The van der Waals surface area contributed by atoms with E-state index in [4.69, 9.17) is 9.84 Å². The minimum absolute atomic E-state index is 0.0730. The van der Waals surface area contributed by atoms with E-state index in [0.717, 1.165) is 5.56 Å². The molecule has 0 fully saturated rings. The van der Waals surface area contributed by atoms with Crippen molar-refractivity contribution in [3.8, 4) is 5.75 Å². The van der Waals surface area contributed by atoms with Crippen LogP contribution in [-0.2, 0) is 9.59 Å². The number of hydrogen-bond donors (Lipinski definition) is 2. The molecule has 0 aliphatic rings. The zero-order chi connectivity index (χ0) is 15.2. The number of carboxylic acids is 1. The minimum Gasteiger partial charge on any atom is -0.497 e. The van der Waals surface area contributed by atoms with Gasteiger partial charge >= 0.3 is 5.97 Å². The first-order valence-electron chi connectivity index (χ1n) is 6.18. The van der Waals surface area contributed by atoms with E-state index in [1.165, 1.54) is 6.08 Å². The second-order valence-electron chi connectivity index (χ2n) is 5.02. The van der Waals surface area contributed by atoms with Gasteiger partial charge in [0.2, 0.25) is 5.91 Å².